The maximum absolute atomic E-state index is 12.5. The van der Waals surface area contributed by atoms with Crippen molar-refractivity contribution in [3.63, 3.8) is 0 Å². The van der Waals surface area contributed by atoms with Crippen molar-refractivity contribution in [1.29, 1.82) is 0 Å². The van der Waals surface area contributed by atoms with Crippen LogP contribution in [-0.2, 0) is 16.6 Å². The molecule has 0 aromatic heterocycles. The van der Waals surface area contributed by atoms with E-state index in [0.717, 1.165) is 42.7 Å². The summed E-state index contributed by atoms with van der Waals surface area (Å²) in [5, 5.41) is 0. The summed E-state index contributed by atoms with van der Waals surface area (Å²) in [7, 11) is -3.43. The maximum Gasteiger partial charge on any atom is 0.241 e. The van der Waals surface area contributed by atoms with Crippen LogP contribution in [0.4, 0.5) is 0 Å². The predicted molar refractivity (Wildman–Crippen MR) is 85.4 cm³/mol. The van der Waals surface area contributed by atoms with Crippen LogP contribution in [0.25, 0.3) is 0 Å². The van der Waals surface area contributed by atoms with Gasteiger partial charge in [0, 0.05) is 12.6 Å². The zero-order chi connectivity index (χ0) is 15.5. The summed E-state index contributed by atoms with van der Waals surface area (Å²) in [6.45, 7) is 4.45. The minimum Gasteiger partial charge on any atom is -0.326 e. The summed E-state index contributed by atoms with van der Waals surface area (Å²) in [6.07, 6.45) is 5.32. The fourth-order valence-electron chi connectivity index (χ4n) is 3.11. The van der Waals surface area contributed by atoms with Gasteiger partial charge in [0.05, 0.1) is 4.90 Å². The number of nitrogens with two attached hydrogens (primary N) is 1. The van der Waals surface area contributed by atoms with Crippen LogP contribution in [0, 0.1) is 12.8 Å². The molecule has 0 saturated heterocycles. The SMILES string of the molecule is CCC1CCC(NS(=O)(=O)c2ccc(CN)cc2C)CC1. The Labute approximate surface area is 128 Å². The van der Waals surface area contributed by atoms with E-state index in [9.17, 15) is 8.42 Å². The van der Waals surface area contributed by atoms with Gasteiger partial charge in [-0.2, -0.15) is 0 Å². The summed E-state index contributed by atoms with van der Waals surface area (Å²) in [4.78, 5) is 0.373. The molecule has 1 saturated carbocycles. The van der Waals surface area contributed by atoms with Crippen molar-refractivity contribution < 1.29 is 8.42 Å². The Bertz CT molecular complexity index is 576. The van der Waals surface area contributed by atoms with Gasteiger partial charge in [-0.25, -0.2) is 13.1 Å². The van der Waals surface area contributed by atoms with Crippen LogP contribution in [0.15, 0.2) is 23.1 Å². The molecule has 0 aliphatic heterocycles. The zero-order valence-corrected chi connectivity index (χ0v) is 13.7. The Kier molecular flexibility index (Phi) is 5.41. The minimum atomic E-state index is -3.43. The molecule has 0 amide bonds. The summed E-state index contributed by atoms with van der Waals surface area (Å²) in [6, 6.07) is 5.38. The molecule has 1 aliphatic carbocycles. The topological polar surface area (TPSA) is 72.2 Å². The molecule has 4 nitrogen and oxygen atoms in total. The highest BCUT2D eigenvalue weighted by Gasteiger charge is 2.25. The molecule has 0 unspecified atom stereocenters. The second-order valence-corrected chi connectivity index (χ2v) is 7.73. The molecule has 1 aromatic carbocycles. The molecular weight excluding hydrogens is 284 g/mol. The van der Waals surface area contributed by atoms with Crippen molar-refractivity contribution in [3.05, 3.63) is 29.3 Å². The predicted octanol–water partition coefficient (Wildman–Crippen LogP) is 2.70. The standard InChI is InChI=1S/C16H26N2O2S/c1-3-13-4-7-15(8-5-13)18-21(19,20)16-9-6-14(11-17)10-12(16)2/h6,9-10,13,15,18H,3-5,7-8,11,17H2,1-2H3. The fraction of sp³-hybridized carbons (Fsp3) is 0.625. The molecule has 118 valence electrons. The average molecular weight is 310 g/mol. The Balaban J connectivity index is 2.08. The van der Waals surface area contributed by atoms with Crippen LogP contribution in [0.3, 0.4) is 0 Å². The molecule has 1 aliphatic rings. The van der Waals surface area contributed by atoms with E-state index in [4.69, 9.17) is 5.73 Å². The van der Waals surface area contributed by atoms with Crippen molar-refractivity contribution in [1.82, 2.24) is 4.72 Å². The lowest BCUT2D eigenvalue weighted by molar-refractivity contribution is 0.306. The van der Waals surface area contributed by atoms with Gasteiger partial charge >= 0.3 is 0 Å². The first-order valence-electron chi connectivity index (χ1n) is 7.78. The van der Waals surface area contributed by atoms with E-state index in [-0.39, 0.29) is 6.04 Å². The largest absolute Gasteiger partial charge is 0.326 e. The first-order chi connectivity index (χ1) is 9.96. The van der Waals surface area contributed by atoms with Gasteiger partial charge < -0.3 is 5.73 Å². The van der Waals surface area contributed by atoms with Crippen molar-refractivity contribution >= 4 is 10.0 Å². The maximum atomic E-state index is 12.5. The minimum absolute atomic E-state index is 0.0754. The molecule has 1 fully saturated rings. The van der Waals surface area contributed by atoms with Crippen molar-refractivity contribution in [2.24, 2.45) is 11.7 Å². The summed E-state index contributed by atoms with van der Waals surface area (Å²) in [5.74, 6) is 0.760. The molecule has 0 atom stereocenters. The first-order valence-corrected chi connectivity index (χ1v) is 9.26. The van der Waals surface area contributed by atoms with Crippen LogP contribution < -0.4 is 10.5 Å². The zero-order valence-electron chi connectivity index (χ0n) is 12.9. The van der Waals surface area contributed by atoms with E-state index in [1.54, 1.807) is 12.1 Å². The lowest BCUT2D eigenvalue weighted by atomic mass is 9.85. The van der Waals surface area contributed by atoms with Gasteiger partial charge in [-0.3, -0.25) is 0 Å². The average Bonchev–Trinajstić information content (AvgIpc) is 2.47. The number of aryl methyl sites for hydroxylation is 1. The highest BCUT2D eigenvalue weighted by atomic mass is 32.2. The number of hydrogen-bond acceptors (Lipinski definition) is 3. The van der Waals surface area contributed by atoms with Crippen molar-refractivity contribution in [2.75, 3.05) is 0 Å². The van der Waals surface area contributed by atoms with Crippen LogP contribution >= 0.6 is 0 Å². The molecule has 0 bridgehead atoms. The third-order valence-electron chi connectivity index (χ3n) is 4.51. The Morgan fingerprint density at radius 3 is 2.43 bits per heavy atom. The van der Waals surface area contributed by atoms with Gasteiger partial charge in [-0.05, 0) is 55.7 Å². The number of hydrogen-bond donors (Lipinski definition) is 2. The van der Waals surface area contributed by atoms with E-state index in [2.05, 4.69) is 11.6 Å². The Morgan fingerprint density at radius 2 is 1.90 bits per heavy atom. The van der Waals surface area contributed by atoms with Gasteiger partial charge in [0.25, 0.3) is 0 Å². The first kappa shape index (κ1) is 16.5. The van der Waals surface area contributed by atoms with Crippen molar-refractivity contribution in [2.45, 2.75) is 63.4 Å². The Hall–Kier alpha value is -0.910. The summed E-state index contributed by atoms with van der Waals surface area (Å²) < 4.78 is 27.9. The highest BCUT2D eigenvalue weighted by Crippen LogP contribution is 2.27. The Morgan fingerprint density at radius 1 is 1.24 bits per heavy atom. The van der Waals surface area contributed by atoms with Gasteiger partial charge in [0.2, 0.25) is 10.0 Å². The number of nitrogens with one attached hydrogen (secondary N) is 1. The van der Waals surface area contributed by atoms with E-state index in [1.165, 1.54) is 6.42 Å². The second-order valence-electron chi connectivity index (χ2n) is 6.05. The van der Waals surface area contributed by atoms with Crippen molar-refractivity contribution in [3.8, 4) is 0 Å². The quantitative estimate of drug-likeness (QED) is 0.878. The summed E-state index contributed by atoms with van der Waals surface area (Å²) in [5.41, 5.74) is 7.30. The third-order valence-corrected chi connectivity index (χ3v) is 6.19. The van der Waals surface area contributed by atoms with Gasteiger partial charge in [-0.1, -0.05) is 25.5 Å². The molecular formula is C16H26N2O2S. The molecule has 0 spiro atoms. The molecule has 0 radical (unpaired) electrons. The second kappa shape index (κ2) is 6.90. The van der Waals surface area contributed by atoms with Crippen LogP contribution in [0.5, 0.6) is 0 Å². The molecule has 3 N–H and O–H groups in total. The normalized spacial score (nSPS) is 23.2. The fourth-order valence-corrected chi connectivity index (χ4v) is 4.64. The monoisotopic (exact) mass is 310 g/mol. The molecule has 5 heteroatoms. The van der Waals surface area contributed by atoms with Gasteiger partial charge in [0.1, 0.15) is 0 Å². The lowest BCUT2D eigenvalue weighted by Crippen LogP contribution is -2.37. The highest BCUT2D eigenvalue weighted by molar-refractivity contribution is 7.89. The van der Waals surface area contributed by atoms with E-state index < -0.39 is 10.0 Å². The van der Waals surface area contributed by atoms with E-state index >= 15 is 0 Å². The van der Waals surface area contributed by atoms with Crippen LogP contribution in [0.1, 0.15) is 50.2 Å². The smallest absolute Gasteiger partial charge is 0.241 e. The van der Waals surface area contributed by atoms with Gasteiger partial charge in [0.15, 0.2) is 0 Å². The van der Waals surface area contributed by atoms with Crippen LogP contribution in [-0.4, -0.2) is 14.5 Å². The molecule has 1 aromatic rings. The number of sulfonamides is 1. The summed E-state index contributed by atoms with van der Waals surface area (Å²) >= 11 is 0. The molecule has 0 heterocycles. The molecule has 21 heavy (non-hydrogen) atoms. The van der Waals surface area contributed by atoms with Crippen LogP contribution in [0.2, 0.25) is 0 Å². The van der Waals surface area contributed by atoms with E-state index in [1.807, 2.05) is 13.0 Å². The van der Waals surface area contributed by atoms with Gasteiger partial charge in [-0.15, -0.1) is 0 Å². The third kappa shape index (κ3) is 4.05. The van der Waals surface area contributed by atoms with E-state index in [0.29, 0.717) is 11.4 Å². The number of rotatable bonds is 5. The lowest BCUT2D eigenvalue weighted by Gasteiger charge is -2.28. The molecule has 2 rings (SSSR count). The number of benzene rings is 1.